The van der Waals surface area contributed by atoms with Crippen molar-refractivity contribution in [1.82, 2.24) is 5.43 Å². The summed E-state index contributed by atoms with van der Waals surface area (Å²) in [4.78, 5) is 25.9. The van der Waals surface area contributed by atoms with Crippen LogP contribution in [0.1, 0.15) is 15.2 Å². The Bertz CT molecular complexity index is 1660. The van der Waals surface area contributed by atoms with Crippen molar-refractivity contribution in [3.63, 3.8) is 0 Å². The average Bonchev–Trinajstić information content (AvgIpc) is 3.32. The number of fused-ring (bicyclic) bond motifs is 1. The predicted octanol–water partition coefficient (Wildman–Crippen LogP) is 8.01. The highest BCUT2D eigenvalue weighted by atomic mass is 35.5. The van der Waals surface area contributed by atoms with E-state index in [-0.39, 0.29) is 0 Å². The topological polar surface area (TPSA) is 86.2 Å². The molecule has 0 aliphatic heterocycles. The fourth-order valence-corrected chi connectivity index (χ4v) is 5.19. The van der Waals surface area contributed by atoms with Crippen molar-refractivity contribution in [1.29, 1.82) is 0 Å². The van der Waals surface area contributed by atoms with Crippen molar-refractivity contribution >= 4 is 74.3 Å². The minimum atomic E-state index is -1.36. The van der Waals surface area contributed by atoms with Crippen LogP contribution in [0.4, 0.5) is 0 Å². The number of halogens is 3. The Morgan fingerprint density at radius 3 is 1.90 bits per heavy atom. The van der Waals surface area contributed by atoms with Crippen LogP contribution in [0.15, 0.2) is 102 Å². The zero-order valence-corrected chi connectivity index (χ0v) is 24.0. The first kappa shape index (κ1) is 28.4. The molecule has 1 N–H and O–H groups in total. The first-order valence-corrected chi connectivity index (χ1v) is 14.0. The van der Waals surface area contributed by atoms with E-state index in [9.17, 15) is 9.59 Å². The van der Waals surface area contributed by atoms with Crippen LogP contribution in [0.2, 0.25) is 15.1 Å². The van der Waals surface area contributed by atoms with Gasteiger partial charge in [-0.2, -0.15) is 5.10 Å². The van der Waals surface area contributed by atoms with Crippen LogP contribution in [0.5, 0.6) is 17.2 Å². The van der Waals surface area contributed by atoms with Gasteiger partial charge in [0.05, 0.1) is 11.2 Å². The summed E-state index contributed by atoms with van der Waals surface area (Å²) >= 11 is 19.5. The van der Waals surface area contributed by atoms with E-state index in [4.69, 9.17) is 49.0 Å². The highest BCUT2D eigenvalue weighted by molar-refractivity contribution is 7.21. The molecule has 0 spiro atoms. The summed E-state index contributed by atoms with van der Waals surface area (Å²) in [7, 11) is 0. The summed E-state index contributed by atoms with van der Waals surface area (Å²) < 4.78 is 17.8. The average molecular weight is 626 g/mol. The molecule has 0 aliphatic rings. The summed E-state index contributed by atoms with van der Waals surface area (Å²) in [5.41, 5.74) is 3.05. The van der Waals surface area contributed by atoms with E-state index in [2.05, 4.69) is 10.5 Å². The summed E-state index contributed by atoms with van der Waals surface area (Å²) in [5.74, 6) is -0.129. The molecule has 0 radical (unpaired) electrons. The van der Waals surface area contributed by atoms with Crippen molar-refractivity contribution in [2.75, 3.05) is 0 Å². The van der Waals surface area contributed by atoms with Gasteiger partial charge in [-0.1, -0.05) is 53.0 Å². The van der Waals surface area contributed by atoms with Crippen LogP contribution in [0.3, 0.4) is 0 Å². The van der Waals surface area contributed by atoms with Gasteiger partial charge in [0.25, 0.3) is 0 Å². The fraction of sp³-hybridized carbons (Fsp3) is 0.0333. The third-order valence-corrected chi connectivity index (χ3v) is 7.69. The van der Waals surface area contributed by atoms with E-state index in [0.29, 0.717) is 42.8 Å². The lowest BCUT2D eigenvalue weighted by Crippen LogP contribution is -2.40. The van der Waals surface area contributed by atoms with Crippen molar-refractivity contribution in [3.8, 4) is 17.2 Å². The van der Waals surface area contributed by atoms with Gasteiger partial charge in [0.2, 0.25) is 0 Å². The SMILES string of the molecule is O=C(Oc1ccc(C=NNC(=O)C(Oc2ccc(Cl)cc2)Oc2ccc(Cl)cc2)cc1)c1sc2ccccc2c1Cl. The van der Waals surface area contributed by atoms with Crippen LogP contribution in [-0.4, -0.2) is 24.4 Å². The molecule has 5 aromatic rings. The van der Waals surface area contributed by atoms with Crippen molar-refractivity contribution in [3.05, 3.63) is 123 Å². The zero-order chi connectivity index (χ0) is 28.8. The molecule has 0 aliphatic carbocycles. The van der Waals surface area contributed by atoms with Crippen LogP contribution in [0, 0.1) is 0 Å². The molecule has 0 bridgehead atoms. The molecule has 206 valence electrons. The normalized spacial score (nSPS) is 11.1. The maximum absolute atomic E-state index is 12.9. The van der Waals surface area contributed by atoms with Crippen LogP contribution in [-0.2, 0) is 4.79 Å². The maximum Gasteiger partial charge on any atom is 0.355 e. The number of ether oxygens (including phenoxy) is 3. The molecule has 4 aromatic carbocycles. The van der Waals surface area contributed by atoms with Crippen molar-refractivity contribution in [2.24, 2.45) is 5.10 Å². The molecule has 0 unspecified atom stereocenters. The second kappa shape index (κ2) is 13.1. The third kappa shape index (κ3) is 7.36. The van der Waals surface area contributed by atoms with Gasteiger partial charge >= 0.3 is 18.2 Å². The van der Waals surface area contributed by atoms with Crippen LogP contribution in [0.25, 0.3) is 10.1 Å². The second-order valence-electron chi connectivity index (χ2n) is 8.41. The van der Waals surface area contributed by atoms with Crippen molar-refractivity contribution < 1.29 is 23.8 Å². The summed E-state index contributed by atoms with van der Waals surface area (Å²) in [6.45, 7) is 0. The molecule has 1 heterocycles. The van der Waals surface area contributed by atoms with Crippen LogP contribution < -0.4 is 19.6 Å². The minimum absolute atomic E-state index is 0.331. The third-order valence-electron chi connectivity index (χ3n) is 5.53. The molecule has 41 heavy (non-hydrogen) atoms. The first-order chi connectivity index (χ1) is 19.9. The maximum atomic E-state index is 12.9. The van der Waals surface area contributed by atoms with Crippen LogP contribution >= 0.6 is 46.1 Å². The minimum Gasteiger partial charge on any atom is -0.446 e. The monoisotopic (exact) mass is 624 g/mol. The number of nitrogens with one attached hydrogen (secondary N) is 1. The Labute approximate surface area is 253 Å². The Hall–Kier alpha value is -4.08. The molecule has 7 nitrogen and oxygen atoms in total. The highest BCUT2D eigenvalue weighted by Crippen LogP contribution is 2.35. The first-order valence-electron chi connectivity index (χ1n) is 12.0. The Balaban J connectivity index is 1.21. The number of carbonyl (C=O) groups is 2. The number of nitrogens with zero attached hydrogens (tertiary/aromatic N) is 1. The molecule has 5 rings (SSSR count). The number of benzene rings is 4. The van der Waals surface area contributed by atoms with Gasteiger partial charge < -0.3 is 14.2 Å². The quantitative estimate of drug-likeness (QED) is 0.0590. The molecular weight excluding hydrogens is 607 g/mol. The van der Waals surface area contributed by atoms with E-state index < -0.39 is 18.2 Å². The number of rotatable bonds is 9. The Kier molecular flexibility index (Phi) is 9.06. The molecule has 0 saturated carbocycles. The van der Waals surface area contributed by atoms with Gasteiger partial charge in [-0.25, -0.2) is 10.2 Å². The summed E-state index contributed by atoms with van der Waals surface area (Å²) in [5, 5.41) is 6.21. The Morgan fingerprint density at radius 1 is 0.756 bits per heavy atom. The Morgan fingerprint density at radius 2 is 1.32 bits per heavy atom. The second-order valence-corrected chi connectivity index (χ2v) is 10.7. The summed E-state index contributed by atoms with van der Waals surface area (Å²) in [6.07, 6.45) is 0.0607. The largest absolute Gasteiger partial charge is 0.446 e. The molecule has 0 fully saturated rings. The number of thiophene rings is 1. The highest BCUT2D eigenvalue weighted by Gasteiger charge is 2.23. The van der Waals surface area contributed by atoms with E-state index >= 15 is 0 Å². The molecule has 0 atom stereocenters. The van der Waals surface area contributed by atoms with Gasteiger partial charge in [-0.15, -0.1) is 11.3 Å². The number of hydrazone groups is 1. The van der Waals surface area contributed by atoms with Gasteiger partial charge in [0.1, 0.15) is 22.1 Å². The van der Waals surface area contributed by atoms with E-state index in [0.717, 1.165) is 10.1 Å². The lowest BCUT2D eigenvalue weighted by Gasteiger charge is -2.19. The zero-order valence-electron chi connectivity index (χ0n) is 20.9. The molecule has 1 amide bonds. The molecule has 1 aromatic heterocycles. The van der Waals surface area contributed by atoms with Crippen molar-refractivity contribution in [2.45, 2.75) is 6.29 Å². The summed E-state index contributed by atoms with van der Waals surface area (Å²) in [6, 6.07) is 27.0. The number of carbonyl (C=O) groups excluding carboxylic acids is 2. The number of hydrogen-bond acceptors (Lipinski definition) is 7. The van der Waals surface area contributed by atoms with E-state index in [1.165, 1.54) is 17.6 Å². The standard InChI is InChI=1S/C30H19Cl3N2O5S/c31-19-7-13-22(14-8-19)39-30(40-23-15-9-20(32)10-16-23)28(36)35-34-17-18-5-11-21(12-6-18)38-29(37)27-26(33)24-3-1-2-4-25(24)41-27/h1-17,30H,(H,35,36). The lowest BCUT2D eigenvalue weighted by molar-refractivity contribution is -0.140. The predicted molar refractivity (Wildman–Crippen MR) is 162 cm³/mol. The fourth-order valence-electron chi connectivity index (χ4n) is 3.55. The lowest BCUT2D eigenvalue weighted by atomic mass is 10.2. The molecule has 11 heteroatoms. The van der Waals surface area contributed by atoms with Gasteiger partial charge in [-0.3, -0.25) is 4.79 Å². The number of hydrogen-bond donors (Lipinski definition) is 1. The molecule has 0 saturated heterocycles. The van der Waals surface area contributed by atoms with Gasteiger partial charge in [0, 0.05) is 20.1 Å². The van der Waals surface area contributed by atoms with E-state index in [1.54, 1.807) is 72.8 Å². The molecular formula is C30H19Cl3N2O5S. The van der Waals surface area contributed by atoms with E-state index in [1.807, 2.05) is 24.3 Å². The smallest absolute Gasteiger partial charge is 0.355 e. The van der Waals surface area contributed by atoms with Gasteiger partial charge in [-0.05, 0) is 84.4 Å². The number of amides is 1. The van der Waals surface area contributed by atoms with Gasteiger partial charge in [0.15, 0.2) is 0 Å². The number of esters is 1.